The van der Waals surface area contributed by atoms with Crippen LogP contribution in [-0.4, -0.2) is 44.6 Å². The first kappa shape index (κ1) is 32.6. The molecule has 0 bridgehead atoms. The van der Waals surface area contributed by atoms with Crippen molar-refractivity contribution in [2.24, 2.45) is 10.8 Å². The molecule has 0 saturated carbocycles. The third-order valence-corrected chi connectivity index (χ3v) is 8.90. The van der Waals surface area contributed by atoms with Crippen LogP contribution in [0, 0.1) is 10.8 Å². The molecule has 45 heavy (non-hydrogen) atoms. The van der Waals surface area contributed by atoms with Crippen molar-refractivity contribution in [3.05, 3.63) is 72.6 Å². The van der Waals surface area contributed by atoms with Gasteiger partial charge in [-0.3, -0.25) is 4.79 Å². The highest BCUT2D eigenvalue weighted by molar-refractivity contribution is 5.85. The molecule has 1 amide bonds. The summed E-state index contributed by atoms with van der Waals surface area (Å²) < 4.78 is 6.11. The predicted molar refractivity (Wildman–Crippen MR) is 181 cm³/mol. The third-order valence-electron chi connectivity index (χ3n) is 8.90. The molecule has 3 heterocycles. The van der Waals surface area contributed by atoms with Crippen LogP contribution in [0.2, 0.25) is 0 Å². The number of aromatic nitrogens is 4. The number of unbranched alkanes of at least 4 members (excludes halogenated alkanes) is 1. The zero-order valence-corrected chi connectivity index (χ0v) is 28.0. The maximum Gasteiger partial charge on any atom is 0.252 e. The van der Waals surface area contributed by atoms with Crippen LogP contribution in [0.3, 0.4) is 0 Å². The van der Waals surface area contributed by atoms with Crippen LogP contribution in [0.4, 0.5) is 0 Å². The fraction of sp³-hybridized carbons (Fsp3) is 0.486. The summed E-state index contributed by atoms with van der Waals surface area (Å²) in [5.41, 5.74) is 5.37. The first-order valence-electron chi connectivity index (χ1n) is 16.3. The lowest BCUT2D eigenvalue weighted by Crippen LogP contribution is -2.53. The highest BCUT2D eigenvalue weighted by atomic mass is 16.5. The lowest BCUT2D eigenvalue weighted by Gasteiger charge is -2.41. The number of amides is 1. The van der Waals surface area contributed by atoms with E-state index in [0.717, 1.165) is 64.8 Å². The van der Waals surface area contributed by atoms with Gasteiger partial charge in [-0.15, -0.1) is 0 Å². The summed E-state index contributed by atoms with van der Waals surface area (Å²) in [6.45, 7) is 17.1. The van der Waals surface area contributed by atoms with Gasteiger partial charge in [0.15, 0.2) is 0 Å². The number of hydrogen-bond acceptors (Lipinski definition) is 5. The van der Waals surface area contributed by atoms with E-state index in [1.807, 2.05) is 19.3 Å². The monoisotopic (exact) mass is 610 g/mol. The molecule has 5 rings (SSSR count). The van der Waals surface area contributed by atoms with Gasteiger partial charge in [0.05, 0.1) is 43.0 Å². The second-order valence-electron chi connectivity index (χ2n) is 14.6. The SMILES string of the molecule is CCCCNCc1ncc(-c2ccc(-c3ccc(-c4cnc(C(NC(=O)C5(C)CCC(C)(C)CO5)C(C)(C)C)[nH]4)cc3)cc2)[nH]1. The van der Waals surface area contributed by atoms with Crippen molar-refractivity contribution < 1.29 is 9.53 Å². The third kappa shape index (κ3) is 7.92. The number of benzene rings is 2. The van der Waals surface area contributed by atoms with Crippen molar-refractivity contribution in [2.45, 2.75) is 92.3 Å². The lowest BCUT2D eigenvalue weighted by molar-refractivity contribution is -0.162. The first-order valence-corrected chi connectivity index (χ1v) is 16.3. The number of rotatable bonds is 11. The van der Waals surface area contributed by atoms with Crippen LogP contribution in [0.15, 0.2) is 60.9 Å². The van der Waals surface area contributed by atoms with Gasteiger partial charge in [0.25, 0.3) is 5.91 Å². The van der Waals surface area contributed by atoms with Gasteiger partial charge < -0.3 is 25.3 Å². The average molecular weight is 611 g/mol. The van der Waals surface area contributed by atoms with Gasteiger partial charge in [0, 0.05) is 0 Å². The molecule has 1 fully saturated rings. The van der Waals surface area contributed by atoms with Gasteiger partial charge in [-0.1, -0.05) is 96.5 Å². The van der Waals surface area contributed by atoms with E-state index in [1.54, 1.807) is 0 Å². The second kappa shape index (κ2) is 13.3. The van der Waals surface area contributed by atoms with Gasteiger partial charge in [-0.25, -0.2) is 9.97 Å². The zero-order chi connectivity index (χ0) is 32.2. The summed E-state index contributed by atoms with van der Waals surface area (Å²) in [7, 11) is 0. The van der Waals surface area contributed by atoms with Crippen molar-refractivity contribution in [2.75, 3.05) is 13.2 Å². The van der Waals surface area contributed by atoms with E-state index < -0.39 is 5.60 Å². The fourth-order valence-electron chi connectivity index (χ4n) is 5.66. The summed E-state index contributed by atoms with van der Waals surface area (Å²) in [4.78, 5) is 29.7. The first-order chi connectivity index (χ1) is 21.4. The highest BCUT2D eigenvalue weighted by Crippen LogP contribution is 2.38. The van der Waals surface area contributed by atoms with E-state index in [4.69, 9.17) is 9.72 Å². The largest absolute Gasteiger partial charge is 0.365 e. The van der Waals surface area contributed by atoms with Crippen LogP contribution in [0.5, 0.6) is 0 Å². The number of hydrogen-bond donors (Lipinski definition) is 4. The van der Waals surface area contributed by atoms with E-state index in [-0.39, 0.29) is 22.8 Å². The number of ether oxygens (including phenoxy) is 1. The molecule has 0 aliphatic carbocycles. The van der Waals surface area contributed by atoms with Gasteiger partial charge >= 0.3 is 0 Å². The molecule has 240 valence electrons. The molecule has 1 saturated heterocycles. The Labute approximate surface area is 268 Å². The number of aromatic amines is 2. The lowest BCUT2D eigenvalue weighted by atomic mass is 9.80. The zero-order valence-electron chi connectivity index (χ0n) is 28.0. The fourth-order valence-corrected chi connectivity index (χ4v) is 5.66. The van der Waals surface area contributed by atoms with Crippen molar-refractivity contribution in [1.29, 1.82) is 0 Å². The van der Waals surface area contributed by atoms with Crippen LogP contribution >= 0.6 is 0 Å². The smallest absolute Gasteiger partial charge is 0.252 e. The quantitative estimate of drug-likeness (QED) is 0.130. The van der Waals surface area contributed by atoms with Crippen molar-refractivity contribution in [3.8, 4) is 33.6 Å². The Morgan fingerprint density at radius 1 is 0.889 bits per heavy atom. The van der Waals surface area contributed by atoms with Gasteiger partial charge in [-0.05, 0) is 65.8 Å². The molecule has 1 aliphatic rings. The molecule has 4 aromatic rings. The Balaban J connectivity index is 1.24. The number of H-pyrrole nitrogens is 2. The normalized spacial score (nSPS) is 18.9. The Bertz CT molecular complexity index is 1550. The molecule has 4 N–H and O–H groups in total. The van der Waals surface area contributed by atoms with E-state index in [1.165, 1.54) is 12.8 Å². The van der Waals surface area contributed by atoms with Crippen LogP contribution in [0.25, 0.3) is 33.6 Å². The van der Waals surface area contributed by atoms with Gasteiger partial charge in [0.2, 0.25) is 0 Å². The van der Waals surface area contributed by atoms with E-state index in [2.05, 4.69) is 116 Å². The number of carbonyl (C=O) groups is 1. The Morgan fingerprint density at radius 2 is 1.47 bits per heavy atom. The molecular formula is C37H50N6O2. The number of carbonyl (C=O) groups excluding carboxylic acids is 1. The average Bonchev–Trinajstić information content (AvgIpc) is 3.70. The highest BCUT2D eigenvalue weighted by Gasteiger charge is 2.43. The number of imidazole rings is 2. The molecular weight excluding hydrogens is 560 g/mol. The topological polar surface area (TPSA) is 108 Å². The molecule has 2 aromatic heterocycles. The van der Waals surface area contributed by atoms with E-state index in [0.29, 0.717) is 13.0 Å². The number of nitrogens with zero attached hydrogens (tertiary/aromatic N) is 2. The van der Waals surface area contributed by atoms with Gasteiger partial charge in [0.1, 0.15) is 17.2 Å². The van der Waals surface area contributed by atoms with E-state index >= 15 is 0 Å². The molecule has 0 spiro atoms. The second-order valence-corrected chi connectivity index (χ2v) is 14.6. The molecule has 8 heteroatoms. The summed E-state index contributed by atoms with van der Waals surface area (Å²) >= 11 is 0. The number of nitrogens with one attached hydrogen (secondary N) is 4. The minimum absolute atomic E-state index is 0.0846. The molecule has 2 unspecified atom stereocenters. The van der Waals surface area contributed by atoms with Crippen molar-refractivity contribution in [1.82, 2.24) is 30.6 Å². The van der Waals surface area contributed by atoms with E-state index in [9.17, 15) is 4.79 Å². The maximum absolute atomic E-state index is 13.5. The molecule has 2 aromatic carbocycles. The Morgan fingerprint density at radius 3 is 2.02 bits per heavy atom. The van der Waals surface area contributed by atoms with Gasteiger partial charge in [-0.2, -0.15) is 0 Å². The maximum atomic E-state index is 13.5. The molecule has 1 aliphatic heterocycles. The summed E-state index contributed by atoms with van der Waals surface area (Å²) in [5.74, 6) is 1.61. The van der Waals surface area contributed by atoms with Crippen LogP contribution in [0.1, 0.15) is 91.8 Å². The Kier molecular flexibility index (Phi) is 9.65. The van der Waals surface area contributed by atoms with Crippen LogP contribution in [-0.2, 0) is 16.1 Å². The minimum atomic E-state index is -0.838. The van der Waals surface area contributed by atoms with Crippen molar-refractivity contribution >= 4 is 5.91 Å². The van der Waals surface area contributed by atoms with Crippen LogP contribution < -0.4 is 10.6 Å². The summed E-state index contributed by atoms with van der Waals surface area (Å²) in [6.07, 6.45) is 7.75. The molecule has 8 nitrogen and oxygen atoms in total. The Hall–Kier alpha value is -3.75. The summed E-state index contributed by atoms with van der Waals surface area (Å²) in [5, 5.41) is 6.70. The standard InChI is InChI=1S/C37H50N6O2/c1-8-9-20-38-23-31-39-21-29(41-31)27-14-10-25(11-15-27)26-12-16-28(17-13-26)30-22-40-33(42-30)32(35(2,3)4)43-34(44)37(7)19-18-36(5,6)24-45-37/h10-17,21-22,32,38H,8-9,18-20,23-24H2,1-7H3,(H,39,41)(H,40,42)(H,43,44). The van der Waals surface area contributed by atoms with Crippen molar-refractivity contribution in [3.63, 3.8) is 0 Å². The minimum Gasteiger partial charge on any atom is -0.365 e. The summed E-state index contributed by atoms with van der Waals surface area (Å²) in [6, 6.07) is 16.7. The molecule has 0 radical (unpaired) electrons. The predicted octanol–water partition coefficient (Wildman–Crippen LogP) is 7.82. The molecule has 2 atom stereocenters.